The molecule has 3 aromatic heterocycles. The smallest absolute Gasteiger partial charge is 0.341 e. The number of phenolic OH excluding ortho intramolecular Hbond substituents is 1. The number of aromatic amines is 1. The number of anilines is 1. The lowest BCUT2D eigenvalue weighted by Gasteiger charge is -2.28. The van der Waals surface area contributed by atoms with Crippen LogP contribution in [0.25, 0.3) is 27.5 Å². The average molecular weight is 515 g/mol. The summed E-state index contributed by atoms with van der Waals surface area (Å²) in [4.78, 5) is 34.1. The molecule has 5 aromatic rings. The fraction of sp³-hybridized carbons (Fsp3) is 0.179. The van der Waals surface area contributed by atoms with E-state index in [1.165, 1.54) is 22.9 Å². The van der Waals surface area contributed by atoms with Crippen molar-refractivity contribution in [3.8, 4) is 17.3 Å². The van der Waals surface area contributed by atoms with Gasteiger partial charge in [-0.05, 0) is 61.4 Å². The van der Waals surface area contributed by atoms with Gasteiger partial charge in [-0.1, -0.05) is 0 Å². The number of aromatic carboxylic acids is 1. The van der Waals surface area contributed by atoms with Gasteiger partial charge in [0, 0.05) is 41.6 Å². The van der Waals surface area contributed by atoms with E-state index in [4.69, 9.17) is 4.74 Å². The van der Waals surface area contributed by atoms with Crippen LogP contribution in [0.3, 0.4) is 0 Å². The lowest BCUT2D eigenvalue weighted by atomic mass is 10.1. The van der Waals surface area contributed by atoms with E-state index in [1.807, 2.05) is 23.2 Å². The highest BCUT2D eigenvalue weighted by Crippen LogP contribution is 2.33. The Kier molecular flexibility index (Phi) is 5.71. The third-order valence-electron chi connectivity index (χ3n) is 6.97. The van der Waals surface area contributed by atoms with E-state index in [9.17, 15) is 19.8 Å². The quantitative estimate of drug-likeness (QED) is 0.306. The number of nitrogens with zero attached hydrogens (tertiary/aromatic N) is 3. The largest absolute Gasteiger partial charge is 0.508 e. The minimum absolute atomic E-state index is 0.0359. The Labute approximate surface area is 215 Å². The molecule has 10 heteroatoms. The van der Waals surface area contributed by atoms with Crippen LogP contribution in [-0.4, -0.2) is 49.9 Å². The number of carbonyl (C=O) groups is 1. The van der Waals surface area contributed by atoms with Gasteiger partial charge in [-0.3, -0.25) is 4.79 Å². The van der Waals surface area contributed by atoms with E-state index in [0.717, 1.165) is 29.8 Å². The number of fused-ring (bicyclic) bond motifs is 2. The zero-order valence-corrected chi connectivity index (χ0v) is 20.1. The monoisotopic (exact) mass is 514 g/mol. The number of H-pyrrole nitrogens is 1. The molecule has 2 aromatic carbocycles. The minimum atomic E-state index is -1.41. The van der Waals surface area contributed by atoms with Crippen molar-refractivity contribution < 1.29 is 24.1 Å². The molecule has 0 amide bonds. The third-order valence-corrected chi connectivity index (χ3v) is 6.97. The van der Waals surface area contributed by atoms with E-state index in [0.29, 0.717) is 29.3 Å². The molecule has 0 bridgehead atoms. The molecule has 1 aliphatic rings. The summed E-state index contributed by atoms with van der Waals surface area (Å²) in [6, 6.07) is 12.5. The Morgan fingerprint density at radius 3 is 2.79 bits per heavy atom. The summed E-state index contributed by atoms with van der Waals surface area (Å²) < 4.78 is 23.1. The van der Waals surface area contributed by atoms with Gasteiger partial charge in [0.1, 0.15) is 29.3 Å². The van der Waals surface area contributed by atoms with Crippen LogP contribution in [0.4, 0.5) is 10.1 Å². The number of hydrogen-bond donors (Lipinski definition) is 3. The van der Waals surface area contributed by atoms with Crippen LogP contribution in [0.2, 0.25) is 0 Å². The van der Waals surface area contributed by atoms with Gasteiger partial charge >= 0.3 is 5.97 Å². The lowest BCUT2D eigenvalue weighted by Crippen LogP contribution is -2.35. The molecule has 0 saturated carbocycles. The van der Waals surface area contributed by atoms with Crippen molar-refractivity contribution in [3.63, 3.8) is 0 Å². The molecule has 0 radical (unpaired) electrons. The number of carboxylic acid groups (broad SMARTS) is 1. The normalized spacial score (nSPS) is 15.4. The lowest BCUT2D eigenvalue weighted by molar-refractivity contribution is 0.0695. The summed E-state index contributed by atoms with van der Waals surface area (Å²) in [5.74, 6) is -1.52. The summed E-state index contributed by atoms with van der Waals surface area (Å²) >= 11 is 0. The molecule has 1 atom stereocenters. The molecule has 1 aliphatic heterocycles. The zero-order valence-electron chi connectivity index (χ0n) is 20.1. The number of aromatic hydroxyl groups is 1. The molecule has 9 nitrogen and oxygen atoms in total. The van der Waals surface area contributed by atoms with Gasteiger partial charge in [-0.2, -0.15) is 0 Å². The van der Waals surface area contributed by atoms with Crippen LogP contribution < -0.4 is 15.1 Å². The molecule has 0 spiro atoms. The predicted molar refractivity (Wildman–Crippen MR) is 140 cm³/mol. The molecule has 6 rings (SSSR count). The average Bonchev–Trinajstić information content (AvgIpc) is 3.58. The molecule has 3 N–H and O–H groups in total. The number of aromatic nitrogens is 3. The van der Waals surface area contributed by atoms with E-state index in [1.54, 1.807) is 24.4 Å². The molecule has 4 heterocycles. The number of pyridine rings is 2. The first-order valence-electron chi connectivity index (χ1n) is 12.1. The fourth-order valence-corrected chi connectivity index (χ4v) is 5.10. The molecular weight excluding hydrogens is 491 g/mol. The van der Waals surface area contributed by atoms with Crippen LogP contribution in [-0.2, 0) is 0 Å². The highest BCUT2D eigenvalue weighted by Gasteiger charge is 2.29. The number of benzene rings is 2. The van der Waals surface area contributed by atoms with Gasteiger partial charge < -0.3 is 29.4 Å². The van der Waals surface area contributed by atoms with E-state index >= 15 is 4.39 Å². The van der Waals surface area contributed by atoms with Crippen LogP contribution >= 0.6 is 0 Å². The maximum absolute atomic E-state index is 15.5. The number of carboxylic acids is 1. The van der Waals surface area contributed by atoms with Crippen molar-refractivity contribution in [3.05, 3.63) is 88.7 Å². The maximum Gasteiger partial charge on any atom is 0.341 e. The first-order valence-corrected chi connectivity index (χ1v) is 12.1. The number of phenols is 1. The van der Waals surface area contributed by atoms with Gasteiger partial charge in [0.15, 0.2) is 0 Å². The topological polar surface area (TPSA) is 121 Å². The van der Waals surface area contributed by atoms with E-state index in [-0.39, 0.29) is 23.8 Å². The minimum Gasteiger partial charge on any atom is -0.508 e. The Bertz CT molecular complexity index is 1740. The van der Waals surface area contributed by atoms with Gasteiger partial charge in [0.2, 0.25) is 11.3 Å². The third kappa shape index (κ3) is 4.00. The molecule has 0 aliphatic carbocycles. The number of nitrogens with one attached hydrogen (secondary N) is 1. The Balaban J connectivity index is 1.41. The zero-order chi connectivity index (χ0) is 26.4. The maximum atomic E-state index is 15.5. The van der Waals surface area contributed by atoms with Crippen molar-refractivity contribution in [2.45, 2.75) is 18.9 Å². The summed E-state index contributed by atoms with van der Waals surface area (Å²) in [5, 5.41) is 20.2. The summed E-state index contributed by atoms with van der Waals surface area (Å²) in [6.07, 6.45) is 6.33. The summed E-state index contributed by atoms with van der Waals surface area (Å²) in [5.41, 5.74) is 0.715. The second-order valence-corrected chi connectivity index (χ2v) is 9.24. The van der Waals surface area contributed by atoms with Gasteiger partial charge in [0.05, 0.1) is 17.2 Å². The molecule has 192 valence electrons. The molecular formula is C28H23FN4O5. The van der Waals surface area contributed by atoms with Crippen molar-refractivity contribution >= 4 is 33.5 Å². The molecule has 1 saturated heterocycles. The van der Waals surface area contributed by atoms with Crippen LogP contribution in [0.5, 0.6) is 11.6 Å². The second-order valence-electron chi connectivity index (χ2n) is 9.24. The Morgan fingerprint density at radius 1 is 1.18 bits per heavy atom. The van der Waals surface area contributed by atoms with E-state index in [2.05, 4.69) is 9.97 Å². The van der Waals surface area contributed by atoms with Crippen molar-refractivity contribution in [1.29, 1.82) is 0 Å². The number of ether oxygens (including phenoxy) is 1. The molecule has 0 unspecified atom stereocenters. The van der Waals surface area contributed by atoms with E-state index < -0.39 is 22.8 Å². The Morgan fingerprint density at radius 2 is 2.00 bits per heavy atom. The predicted octanol–water partition coefficient (Wildman–Crippen LogP) is 4.46. The molecule has 38 heavy (non-hydrogen) atoms. The number of hydrogen-bond acceptors (Lipinski definition) is 6. The summed E-state index contributed by atoms with van der Waals surface area (Å²) in [7, 11) is 0. The van der Waals surface area contributed by atoms with Crippen molar-refractivity contribution in [2.75, 3.05) is 18.1 Å². The van der Waals surface area contributed by atoms with Gasteiger partial charge in [0.25, 0.3) is 0 Å². The highest BCUT2D eigenvalue weighted by molar-refractivity contribution is 5.94. The number of halogens is 1. The first-order chi connectivity index (χ1) is 18.4. The first kappa shape index (κ1) is 23.5. The van der Waals surface area contributed by atoms with Crippen LogP contribution in [0.1, 0.15) is 23.2 Å². The van der Waals surface area contributed by atoms with Crippen LogP contribution in [0, 0.1) is 5.82 Å². The van der Waals surface area contributed by atoms with Gasteiger partial charge in [-0.25, -0.2) is 14.2 Å². The molecule has 1 fully saturated rings. The fourth-order valence-electron chi connectivity index (χ4n) is 5.10. The van der Waals surface area contributed by atoms with Gasteiger partial charge in [-0.15, -0.1) is 0 Å². The highest BCUT2D eigenvalue weighted by atomic mass is 19.1. The van der Waals surface area contributed by atoms with Crippen molar-refractivity contribution in [1.82, 2.24) is 14.5 Å². The van der Waals surface area contributed by atoms with Crippen molar-refractivity contribution in [2.24, 2.45) is 0 Å². The second kappa shape index (κ2) is 9.22. The standard InChI is InChI=1S/C28H23FN4O5/c29-22-12-20-23(33(14-21(26(20)35)28(36)37)17-3-5-19(34)6-4-17)13-24(22)32-11-1-2-18(32)15-38-27-25-16(7-9-30-25)8-10-31-27/h3-10,12-14,18,30,34H,1-2,11,15H2,(H,36,37)/t18-/m1/s1. The summed E-state index contributed by atoms with van der Waals surface area (Å²) in [6.45, 7) is 0.874. The number of rotatable bonds is 6. The SMILES string of the molecule is O=C(O)c1cn(-c2ccc(O)cc2)c2cc(N3CCC[C@@H]3COc3nccc4cc[nH]c34)c(F)cc2c1=O. The Hall–Kier alpha value is -4.86. The van der Waals surface area contributed by atoms with Crippen LogP contribution in [0.15, 0.2) is 71.9 Å².